The number of nitrogens with one attached hydrogen (secondary N) is 2. The van der Waals surface area contributed by atoms with Crippen molar-refractivity contribution in [2.75, 3.05) is 11.9 Å². The van der Waals surface area contributed by atoms with Gasteiger partial charge in [-0.15, -0.1) is 0 Å². The molecule has 0 bridgehead atoms. The molecule has 0 aromatic carbocycles. The topological polar surface area (TPSA) is 80.0 Å². The second kappa shape index (κ2) is 6.91. The summed E-state index contributed by atoms with van der Waals surface area (Å²) >= 11 is 5.91. The Balaban J connectivity index is 2.02. The molecular weight excluding hydrogens is 280 g/mol. The Labute approximate surface area is 121 Å². The van der Waals surface area contributed by atoms with Crippen molar-refractivity contribution in [3.05, 3.63) is 40.9 Å². The summed E-state index contributed by atoms with van der Waals surface area (Å²) < 4.78 is 4.90. The Morgan fingerprint density at radius 2 is 2.30 bits per heavy atom. The summed E-state index contributed by atoms with van der Waals surface area (Å²) in [6.45, 7) is 3.09. The zero-order chi connectivity index (χ0) is 14.4. The SMILES string of the molecule is CCCNc1cc(C(=O)NCc2ccno2)cc(Cl)n1. The molecule has 2 heterocycles. The van der Waals surface area contributed by atoms with Crippen LogP contribution < -0.4 is 10.6 Å². The molecule has 0 saturated carbocycles. The van der Waals surface area contributed by atoms with Crippen LogP contribution in [0.1, 0.15) is 29.5 Å². The van der Waals surface area contributed by atoms with E-state index >= 15 is 0 Å². The number of pyridine rings is 1. The number of carbonyl (C=O) groups excluding carboxylic acids is 1. The van der Waals surface area contributed by atoms with E-state index < -0.39 is 0 Å². The highest BCUT2D eigenvalue weighted by Crippen LogP contribution is 2.14. The molecule has 0 aliphatic carbocycles. The lowest BCUT2D eigenvalue weighted by molar-refractivity contribution is 0.0947. The van der Waals surface area contributed by atoms with Gasteiger partial charge < -0.3 is 15.2 Å². The first kappa shape index (κ1) is 14.3. The van der Waals surface area contributed by atoms with Gasteiger partial charge in [-0.2, -0.15) is 0 Å². The van der Waals surface area contributed by atoms with E-state index in [4.69, 9.17) is 16.1 Å². The van der Waals surface area contributed by atoms with E-state index in [9.17, 15) is 4.79 Å². The van der Waals surface area contributed by atoms with E-state index in [2.05, 4.69) is 20.8 Å². The van der Waals surface area contributed by atoms with Crippen LogP contribution in [0, 0.1) is 0 Å². The highest BCUT2D eigenvalue weighted by Gasteiger charge is 2.10. The van der Waals surface area contributed by atoms with Crippen LogP contribution in [0.15, 0.2) is 28.9 Å². The predicted molar refractivity (Wildman–Crippen MR) is 75.7 cm³/mol. The van der Waals surface area contributed by atoms with E-state index in [1.54, 1.807) is 12.1 Å². The molecule has 0 fully saturated rings. The van der Waals surface area contributed by atoms with Crippen molar-refractivity contribution in [2.45, 2.75) is 19.9 Å². The van der Waals surface area contributed by atoms with Crippen molar-refractivity contribution >= 4 is 23.3 Å². The van der Waals surface area contributed by atoms with Crippen molar-refractivity contribution in [2.24, 2.45) is 0 Å². The van der Waals surface area contributed by atoms with Gasteiger partial charge in [0.05, 0.1) is 12.7 Å². The Kier molecular flexibility index (Phi) is 4.95. The van der Waals surface area contributed by atoms with Gasteiger partial charge in [-0.25, -0.2) is 4.98 Å². The number of aromatic nitrogens is 2. The summed E-state index contributed by atoms with van der Waals surface area (Å²) in [4.78, 5) is 16.1. The van der Waals surface area contributed by atoms with Gasteiger partial charge in [-0.3, -0.25) is 4.79 Å². The van der Waals surface area contributed by atoms with Gasteiger partial charge in [0, 0.05) is 18.2 Å². The van der Waals surface area contributed by atoms with Crippen molar-refractivity contribution in [3.63, 3.8) is 0 Å². The quantitative estimate of drug-likeness (QED) is 0.800. The maximum absolute atomic E-state index is 12.0. The van der Waals surface area contributed by atoms with E-state index in [0.29, 0.717) is 17.1 Å². The molecule has 0 saturated heterocycles. The zero-order valence-corrected chi connectivity index (χ0v) is 11.8. The van der Waals surface area contributed by atoms with Crippen LogP contribution in [0.3, 0.4) is 0 Å². The maximum Gasteiger partial charge on any atom is 0.251 e. The number of anilines is 1. The Hall–Kier alpha value is -2.08. The lowest BCUT2D eigenvalue weighted by atomic mass is 10.2. The fraction of sp³-hybridized carbons (Fsp3) is 0.308. The van der Waals surface area contributed by atoms with Crippen LogP contribution in [0.4, 0.5) is 5.82 Å². The average molecular weight is 295 g/mol. The number of halogens is 1. The lowest BCUT2D eigenvalue weighted by Crippen LogP contribution is -2.22. The van der Waals surface area contributed by atoms with Gasteiger partial charge in [0.25, 0.3) is 5.91 Å². The summed E-state index contributed by atoms with van der Waals surface area (Å²) in [5.74, 6) is 0.928. The van der Waals surface area contributed by atoms with Crippen molar-refractivity contribution in [3.8, 4) is 0 Å². The number of hydrogen-bond acceptors (Lipinski definition) is 5. The van der Waals surface area contributed by atoms with Gasteiger partial charge in [-0.1, -0.05) is 23.7 Å². The smallest absolute Gasteiger partial charge is 0.251 e. The summed E-state index contributed by atoms with van der Waals surface area (Å²) in [6, 6.07) is 4.87. The molecule has 0 unspecified atom stereocenters. The normalized spacial score (nSPS) is 10.3. The Morgan fingerprint density at radius 3 is 3.00 bits per heavy atom. The van der Waals surface area contributed by atoms with Gasteiger partial charge in [0.1, 0.15) is 11.0 Å². The van der Waals surface area contributed by atoms with E-state index in [0.717, 1.165) is 13.0 Å². The third-order valence-corrected chi connectivity index (χ3v) is 2.72. The maximum atomic E-state index is 12.0. The van der Waals surface area contributed by atoms with Crippen LogP contribution in [0.5, 0.6) is 0 Å². The third kappa shape index (κ3) is 3.96. The summed E-state index contributed by atoms with van der Waals surface area (Å²) in [7, 11) is 0. The average Bonchev–Trinajstić information content (AvgIpc) is 2.95. The summed E-state index contributed by atoms with van der Waals surface area (Å²) in [5.41, 5.74) is 0.447. The van der Waals surface area contributed by atoms with Crippen molar-refractivity contribution in [1.82, 2.24) is 15.5 Å². The van der Waals surface area contributed by atoms with E-state index in [-0.39, 0.29) is 17.6 Å². The van der Waals surface area contributed by atoms with E-state index in [1.165, 1.54) is 12.3 Å². The molecule has 1 amide bonds. The van der Waals surface area contributed by atoms with Crippen LogP contribution >= 0.6 is 11.6 Å². The summed E-state index contributed by atoms with van der Waals surface area (Å²) in [6.07, 6.45) is 2.48. The molecule has 2 aromatic heterocycles. The number of carbonyl (C=O) groups is 1. The summed E-state index contributed by atoms with van der Waals surface area (Å²) in [5, 5.41) is 9.66. The second-order valence-corrected chi connectivity index (χ2v) is 4.54. The molecular formula is C13H15ClN4O2. The Morgan fingerprint density at radius 1 is 1.45 bits per heavy atom. The monoisotopic (exact) mass is 294 g/mol. The first-order chi connectivity index (χ1) is 9.69. The van der Waals surface area contributed by atoms with Crippen molar-refractivity contribution in [1.29, 1.82) is 0 Å². The van der Waals surface area contributed by atoms with Gasteiger partial charge >= 0.3 is 0 Å². The molecule has 0 aliphatic rings. The van der Waals surface area contributed by atoms with Gasteiger partial charge in [0.15, 0.2) is 5.76 Å². The minimum atomic E-state index is -0.245. The second-order valence-electron chi connectivity index (χ2n) is 4.15. The fourth-order valence-electron chi connectivity index (χ4n) is 1.57. The minimum Gasteiger partial charge on any atom is -0.370 e. The molecule has 106 valence electrons. The molecule has 2 N–H and O–H groups in total. The van der Waals surface area contributed by atoms with Crippen molar-refractivity contribution < 1.29 is 9.32 Å². The van der Waals surface area contributed by atoms with Crippen LogP contribution in [0.2, 0.25) is 5.15 Å². The lowest BCUT2D eigenvalue weighted by Gasteiger charge is -2.08. The third-order valence-electron chi connectivity index (χ3n) is 2.53. The standard InChI is InChI=1S/C13H15ClN4O2/c1-2-4-15-12-7-9(6-11(14)18-12)13(19)16-8-10-3-5-17-20-10/h3,5-7H,2,4,8H2,1H3,(H,15,18)(H,16,19). The van der Waals surface area contributed by atoms with Gasteiger partial charge in [0.2, 0.25) is 0 Å². The molecule has 0 aliphatic heterocycles. The van der Waals surface area contributed by atoms with Crippen LogP contribution in [0.25, 0.3) is 0 Å². The van der Waals surface area contributed by atoms with Gasteiger partial charge in [-0.05, 0) is 18.6 Å². The molecule has 20 heavy (non-hydrogen) atoms. The number of rotatable bonds is 6. The van der Waals surface area contributed by atoms with Crippen LogP contribution in [-0.4, -0.2) is 22.6 Å². The Bertz CT molecular complexity index is 572. The molecule has 2 rings (SSSR count). The first-order valence-corrected chi connectivity index (χ1v) is 6.66. The highest BCUT2D eigenvalue weighted by molar-refractivity contribution is 6.29. The van der Waals surface area contributed by atoms with Crippen LogP contribution in [-0.2, 0) is 6.54 Å². The molecule has 6 nitrogen and oxygen atoms in total. The molecule has 0 radical (unpaired) electrons. The fourth-order valence-corrected chi connectivity index (χ4v) is 1.78. The predicted octanol–water partition coefficient (Wildman–Crippen LogP) is 2.47. The number of nitrogens with zero attached hydrogens (tertiary/aromatic N) is 2. The molecule has 7 heteroatoms. The van der Waals surface area contributed by atoms with E-state index in [1.807, 2.05) is 6.92 Å². The minimum absolute atomic E-state index is 0.245. The molecule has 2 aromatic rings. The highest BCUT2D eigenvalue weighted by atomic mass is 35.5. The molecule has 0 spiro atoms. The first-order valence-electron chi connectivity index (χ1n) is 6.28. The zero-order valence-electron chi connectivity index (χ0n) is 11.0. The largest absolute Gasteiger partial charge is 0.370 e. The molecule has 0 atom stereocenters. The number of amides is 1. The number of hydrogen-bond donors (Lipinski definition) is 2.